The van der Waals surface area contributed by atoms with Gasteiger partial charge in [-0.1, -0.05) is 12.1 Å². The zero-order chi connectivity index (χ0) is 17.2. The number of rotatable bonds is 5. The van der Waals surface area contributed by atoms with Gasteiger partial charge in [-0.3, -0.25) is 4.98 Å². The molecule has 0 radical (unpaired) electrons. The number of nitrogens with zero attached hydrogens (tertiary/aromatic N) is 1. The SMILES string of the molecule is O=S(=O)(NCc1cccnc1-c1ccco1)c1c(F)cccc1F. The highest BCUT2D eigenvalue weighted by molar-refractivity contribution is 7.89. The zero-order valence-corrected chi connectivity index (χ0v) is 13.1. The van der Waals surface area contributed by atoms with Crippen molar-refractivity contribution in [1.82, 2.24) is 9.71 Å². The largest absolute Gasteiger partial charge is 0.463 e. The summed E-state index contributed by atoms with van der Waals surface area (Å²) in [6, 6.07) is 9.49. The van der Waals surface area contributed by atoms with Crippen molar-refractivity contribution in [2.24, 2.45) is 0 Å². The topological polar surface area (TPSA) is 72.2 Å². The molecule has 0 atom stereocenters. The summed E-state index contributed by atoms with van der Waals surface area (Å²) in [6.07, 6.45) is 3.00. The summed E-state index contributed by atoms with van der Waals surface area (Å²) in [5, 5.41) is 0. The number of pyridine rings is 1. The summed E-state index contributed by atoms with van der Waals surface area (Å²) < 4.78 is 59.2. The van der Waals surface area contributed by atoms with Gasteiger partial charge < -0.3 is 4.42 Å². The van der Waals surface area contributed by atoms with Crippen molar-refractivity contribution in [2.75, 3.05) is 0 Å². The molecule has 0 aliphatic carbocycles. The quantitative estimate of drug-likeness (QED) is 0.767. The van der Waals surface area contributed by atoms with Crippen molar-refractivity contribution in [2.45, 2.75) is 11.4 Å². The first-order valence-electron chi connectivity index (χ1n) is 6.90. The maximum absolute atomic E-state index is 13.7. The van der Waals surface area contributed by atoms with Crippen LogP contribution in [0.2, 0.25) is 0 Å². The van der Waals surface area contributed by atoms with Crippen molar-refractivity contribution < 1.29 is 21.6 Å². The maximum Gasteiger partial charge on any atom is 0.246 e. The Morgan fingerprint density at radius 3 is 2.46 bits per heavy atom. The van der Waals surface area contributed by atoms with Gasteiger partial charge in [0.25, 0.3) is 0 Å². The number of sulfonamides is 1. The first kappa shape index (κ1) is 16.3. The molecule has 0 saturated carbocycles. The molecule has 0 fully saturated rings. The smallest absolute Gasteiger partial charge is 0.246 e. The van der Waals surface area contributed by atoms with E-state index in [0.29, 0.717) is 17.0 Å². The standard InChI is InChI=1S/C16H12F2N2O3S/c17-12-5-1-6-13(18)16(12)24(21,22)20-10-11-4-2-8-19-15(11)14-7-3-9-23-14/h1-9,20H,10H2. The third-order valence-electron chi connectivity index (χ3n) is 3.29. The molecule has 5 nitrogen and oxygen atoms in total. The number of aromatic nitrogens is 1. The average molecular weight is 350 g/mol. The predicted molar refractivity (Wildman–Crippen MR) is 82.3 cm³/mol. The van der Waals surface area contributed by atoms with Gasteiger partial charge in [0, 0.05) is 12.7 Å². The predicted octanol–water partition coefficient (Wildman–Crippen LogP) is 3.10. The monoisotopic (exact) mass is 350 g/mol. The molecule has 3 aromatic rings. The van der Waals surface area contributed by atoms with Crippen molar-refractivity contribution in [3.8, 4) is 11.5 Å². The molecule has 0 amide bonds. The molecule has 0 unspecified atom stereocenters. The van der Waals surface area contributed by atoms with E-state index in [1.807, 2.05) is 0 Å². The molecule has 8 heteroatoms. The molecule has 3 rings (SSSR count). The molecule has 124 valence electrons. The molecule has 24 heavy (non-hydrogen) atoms. The molecular formula is C16H12F2N2O3S. The van der Waals surface area contributed by atoms with Crippen molar-refractivity contribution in [3.63, 3.8) is 0 Å². The fourth-order valence-electron chi connectivity index (χ4n) is 2.20. The summed E-state index contributed by atoms with van der Waals surface area (Å²) >= 11 is 0. The van der Waals surface area contributed by atoms with Gasteiger partial charge in [0.05, 0.1) is 6.26 Å². The number of furan rings is 1. The van der Waals surface area contributed by atoms with E-state index in [1.54, 1.807) is 24.3 Å². The second-order valence-electron chi connectivity index (χ2n) is 4.86. The summed E-state index contributed by atoms with van der Waals surface area (Å²) in [5.74, 6) is -1.85. The van der Waals surface area contributed by atoms with Gasteiger partial charge in [-0.15, -0.1) is 0 Å². The van der Waals surface area contributed by atoms with Crippen LogP contribution in [-0.4, -0.2) is 13.4 Å². The molecule has 0 aliphatic heterocycles. The van der Waals surface area contributed by atoms with Crippen LogP contribution in [0, 0.1) is 11.6 Å². The van der Waals surface area contributed by atoms with Crippen LogP contribution in [-0.2, 0) is 16.6 Å². The highest BCUT2D eigenvalue weighted by Gasteiger charge is 2.24. The Bertz CT molecular complexity index is 937. The van der Waals surface area contributed by atoms with E-state index in [9.17, 15) is 17.2 Å². The average Bonchev–Trinajstić information content (AvgIpc) is 3.07. The second kappa shape index (κ2) is 6.50. The lowest BCUT2D eigenvalue weighted by Crippen LogP contribution is -2.25. The summed E-state index contributed by atoms with van der Waals surface area (Å²) in [7, 11) is -4.36. The van der Waals surface area contributed by atoms with Crippen LogP contribution in [0.5, 0.6) is 0 Å². The van der Waals surface area contributed by atoms with E-state index in [4.69, 9.17) is 4.42 Å². The number of hydrogen-bond donors (Lipinski definition) is 1. The molecule has 2 heterocycles. The molecule has 2 aromatic heterocycles. The van der Waals surface area contributed by atoms with Gasteiger partial charge in [0.1, 0.15) is 17.3 Å². The second-order valence-corrected chi connectivity index (χ2v) is 6.57. The maximum atomic E-state index is 13.7. The number of halogens is 2. The zero-order valence-electron chi connectivity index (χ0n) is 12.2. The minimum atomic E-state index is -4.36. The molecule has 1 aromatic carbocycles. The lowest BCUT2D eigenvalue weighted by Gasteiger charge is -2.10. The van der Waals surface area contributed by atoms with E-state index in [1.165, 1.54) is 12.5 Å². The Morgan fingerprint density at radius 1 is 1.04 bits per heavy atom. The van der Waals surface area contributed by atoms with E-state index in [0.717, 1.165) is 18.2 Å². The van der Waals surface area contributed by atoms with Gasteiger partial charge in [-0.05, 0) is 35.9 Å². The summed E-state index contributed by atoms with van der Waals surface area (Å²) in [6.45, 7) is -0.194. The van der Waals surface area contributed by atoms with Crippen LogP contribution in [0.25, 0.3) is 11.5 Å². The van der Waals surface area contributed by atoms with Gasteiger partial charge in [-0.2, -0.15) is 0 Å². The molecule has 0 bridgehead atoms. The summed E-state index contributed by atoms with van der Waals surface area (Å²) in [5.41, 5.74) is 0.951. The minimum absolute atomic E-state index is 0.194. The number of nitrogens with one attached hydrogen (secondary N) is 1. The fourth-order valence-corrected chi connectivity index (χ4v) is 3.34. The number of hydrogen-bond acceptors (Lipinski definition) is 4. The number of benzene rings is 1. The Morgan fingerprint density at radius 2 is 1.79 bits per heavy atom. The van der Waals surface area contributed by atoms with Crippen LogP contribution >= 0.6 is 0 Å². The Hall–Kier alpha value is -2.58. The van der Waals surface area contributed by atoms with Crippen molar-refractivity contribution >= 4 is 10.0 Å². The van der Waals surface area contributed by atoms with E-state index in [2.05, 4.69) is 9.71 Å². The normalized spacial score (nSPS) is 11.6. The van der Waals surface area contributed by atoms with Crippen LogP contribution in [0.3, 0.4) is 0 Å². The molecule has 1 N–H and O–H groups in total. The van der Waals surface area contributed by atoms with Gasteiger partial charge in [0.15, 0.2) is 10.7 Å². The van der Waals surface area contributed by atoms with Crippen molar-refractivity contribution in [1.29, 1.82) is 0 Å². The van der Waals surface area contributed by atoms with Crippen LogP contribution in [0.1, 0.15) is 5.56 Å². The lowest BCUT2D eigenvalue weighted by molar-refractivity contribution is 0.513. The van der Waals surface area contributed by atoms with Crippen molar-refractivity contribution in [3.05, 3.63) is 72.1 Å². The Kier molecular flexibility index (Phi) is 4.41. The van der Waals surface area contributed by atoms with E-state index >= 15 is 0 Å². The first-order chi connectivity index (χ1) is 11.5. The Labute approximate surface area is 137 Å². The van der Waals surface area contributed by atoms with Gasteiger partial charge in [0.2, 0.25) is 10.0 Å². The summed E-state index contributed by atoms with van der Waals surface area (Å²) in [4.78, 5) is 3.15. The molecule has 0 spiro atoms. The Balaban J connectivity index is 1.89. The molecule has 0 aliphatic rings. The molecular weight excluding hydrogens is 338 g/mol. The first-order valence-corrected chi connectivity index (χ1v) is 8.39. The van der Waals surface area contributed by atoms with Gasteiger partial charge in [-0.25, -0.2) is 21.9 Å². The highest BCUT2D eigenvalue weighted by Crippen LogP contribution is 2.23. The highest BCUT2D eigenvalue weighted by atomic mass is 32.2. The van der Waals surface area contributed by atoms with Gasteiger partial charge >= 0.3 is 0 Å². The van der Waals surface area contributed by atoms with E-state index < -0.39 is 26.6 Å². The lowest BCUT2D eigenvalue weighted by atomic mass is 10.1. The van der Waals surface area contributed by atoms with Crippen LogP contribution in [0.15, 0.2) is 64.2 Å². The molecule has 0 saturated heterocycles. The van der Waals surface area contributed by atoms with Crippen LogP contribution in [0.4, 0.5) is 8.78 Å². The van der Waals surface area contributed by atoms with Crippen LogP contribution < -0.4 is 4.72 Å². The fraction of sp³-hybridized carbons (Fsp3) is 0.0625. The third-order valence-corrected chi connectivity index (χ3v) is 4.74. The third kappa shape index (κ3) is 3.19. The minimum Gasteiger partial charge on any atom is -0.463 e. The van der Waals surface area contributed by atoms with E-state index in [-0.39, 0.29) is 6.54 Å².